The van der Waals surface area contributed by atoms with Gasteiger partial charge in [-0.25, -0.2) is 4.98 Å². The summed E-state index contributed by atoms with van der Waals surface area (Å²) in [6.45, 7) is 5.20. The molecule has 2 aliphatic heterocycles. The van der Waals surface area contributed by atoms with Gasteiger partial charge in [-0.05, 0) is 56.0 Å². The Morgan fingerprint density at radius 1 is 1.22 bits per heavy atom. The number of hydrogen-bond donors (Lipinski definition) is 1. The van der Waals surface area contributed by atoms with Gasteiger partial charge in [0, 0.05) is 36.2 Å². The lowest BCUT2D eigenvalue weighted by Gasteiger charge is -2.25. The van der Waals surface area contributed by atoms with Gasteiger partial charge in [0.05, 0.1) is 30.3 Å². The number of ketones is 1. The van der Waals surface area contributed by atoms with Gasteiger partial charge in [-0.1, -0.05) is 11.8 Å². The number of hydrogen-bond acceptors (Lipinski definition) is 8. The lowest BCUT2D eigenvalue weighted by Crippen LogP contribution is -2.34. The van der Waals surface area contributed by atoms with Gasteiger partial charge in [0.2, 0.25) is 11.8 Å². The molecule has 1 saturated heterocycles. The van der Waals surface area contributed by atoms with Crippen LogP contribution in [0.5, 0.6) is 0 Å². The number of nitrogens with one attached hydrogen (secondary N) is 1. The summed E-state index contributed by atoms with van der Waals surface area (Å²) in [5.41, 5.74) is 2.04. The third-order valence-corrected chi connectivity index (χ3v) is 8.78. The van der Waals surface area contributed by atoms with Crippen LogP contribution in [0.2, 0.25) is 0 Å². The molecule has 2 aliphatic rings. The van der Waals surface area contributed by atoms with Gasteiger partial charge in [-0.15, -0.1) is 11.3 Å². The van der Waals surface area contributed by atoms with Crippen LogP contribution in [0, 0.1) is 0 Å². The lowest BCUT2D eigenvalue weighted by molar-refractivity contribution is -0.129. The summed E-state index contributed by atoms with van der Waals surface area (Å²) in [5.74, 6) is -0.184. The van der Waals surface area contributed by atoms with Crippen molar-refractivity contribution in [2.45, 2.75) is 57.5 Å². The predicted octanol–water partition coefficient (Wildman–Crippen LogP) is 3.48. The summed E-state index contributed by atoms with van der Waals surface area (Å²) in [7, 11) is 0. The number of rotatable bonds is 7. The first-order valence-electron chi connectivity index (χ1n) is 12.3. The molecule has 5 rings (SSSR count). The molecule has 0 saturated carbocycles. The zero-order chi connectivity index (χ0) is 26.1. The quantitative estimate of drug-likeness (QED) is 0.278. The van der Waals surface area contributed by atoms with Crippen molar-refractivity contribution in [1.82, 2.24) is 14.5 Å². The second-order valence-electron chi connectivity index (χ2n) is 9.29. The van der Waals surface area contributed by atoms with Gasteiger partial charge in [-0.2, -0.15) is 0 Å². The highest BCUT2D eigenvalue weighted by atomic mass is 32.2. The number of ether oxygens (including phenoxy) is 1. The van der Waals surface area contributed by atoms with Crippen molar-refractivity contribution >= 4 is 56.6 Å². The molecule has 4 heterocycles. The summed E-state index contributed by atoms with van der Waals surface area (Å²) in [4.78, 5) is 58.1. The zero-order valence-electron chi connectivity index (χ0n) is 20.7. The number of anilines is 1. The van der Waals surface area contributed by atoms with E-state index in [1.807, 2.05) is 0 Å². The number of thioether (sulfide) groups is 1. The first-order valence-corrected chi connectivity index (χ1v) is 14.1. The Bertz CT molecular complexity index is 1420. The second-order valence-corrected chi connectivity index (χ2v) is 11.3. The van der Waals surface area contributed by atoms with Crippen LogP contribution in [-0.4, -0.2) is 57.1 Å². The molecule has 1 N–H and O–H groups in total. The minimum atomic E-state index is -0.235. The SMILES string of the molecule is CC(=O)c1ccc(NC(=O)CSc2nc3sc4c(c3c(=O)n2C[C@H]2CCCO2)CCN(C(C)=O)C4)cc1. The molecule has 2 aromatic heterocycles. The monoisotopic (exact) mass is 540 g/mol. The molecular weight excluding hydrogens is 512 g/mol. The summed E-state index contributed by atoms with van der Waals surface area (Å²) >= 11 is 2.67. The maximum Gasteiger partial charge on any atom is 0.263 e. The molecule has 37 heavy (non-hydrogen) atoms. The fourth-order valence-electron chi connectivity index (χ4n) is 4.70. The minimum Gasteiger partial charge on any atom is -0.376 e. The molecule has 1 fully saturated rings. The van der Waals surface area contributed by atoms with Crippen molar-refractivity contribution in [3.05, 3.63) is 50.6 Å². The largest absolute Gasteiger partial charge is 0.376 e. The lowest BCUT2D eigenvalue weighted by atomic mass is 10.1. The molecule has 11 heteroatoms. The number of nitrogens with zero attached hydrogens (tertiary/aromatic N) is 3. The first-order chi connectivity index (χ1) is 17.8. The molecule has 2 amide bonds. The number of benzene rings is 1. The summed E-state index contributed by atoms with van der Waals surface area (Å²) in [6, 6.07) is 6.73. The Labute approximate surface area is 222 Å². The van der Waals surface area contributed by atoms with Crippen molar-refractivity contribution in [1.29, 1.82) is 0 Å². The van der Waals surface area contributed by atoms with Gasteiger partial charge in [-0.3, -0.25) is 23.7 Å². The van der Waals surface area contributed by atoms with Crippen molar-refractivity contribution in [2.24, 2.45) is 0 Å². The average Bonchev–Trinajstić information content (AvgIpc) is 3.52. The zero-order valence-corrected chi connectivity index (χ0v) is 22.4. The molecule has 0 aliphatic carbocycles. The number of fused-ring (bicyclic) bond motifs is 3. The molecule has 0 unspecified atom stereocenters. The van der Waals surface area contributed by atoms with Crippen LogP contribution in [0.1, 0.15) is 47.5 Å². The normalized spacial score (nSPS) is 17.1. The molecule has 0 bridgehead atoms. The minimum absolute atomic E-state index is 0.0186. The molecule has 1 atom stereocenters. The number of carbonyl (C=O) groups is 3. The number of Topliss-reactive ketones (excluding diaryl/α,β-unsaturated/α-hetero) is 1. The van der Waals surface area contributed by atoms with Crippen molar-refractivity contribution in [3.63, 3.8) is 0 Å². The van der Waals surface area contributed by atoms with Crippen LogP contribution in [0.3, 0.4) is 0 Å². The average molecular weight is 541 g/mol. The Morgan fingerprint density at radius 2 is 2.00 bits per heavy atom. The molecule has 0 spiro atoms. The molecular formula is C26H28N4O5S2. The molecule has 0 radical (unpaired) electrons. The van der Waals surface area contributed by atoms with E-state index in [4.69, 9.17) is 9.72 Å². The number of amides is 2. The third kappa shape index (κ3) is 5.48. The van der Waals surface area contributed by atoms with E-state index in [2.05, 4.69) is 5.32 Å². The van der Waals surface area contributed by atoms with Gasteiger partial charge in [0.1, 0.15) is 4.83 Å². The van der Waals surface area contributed by atoms with E-state index in [0.29, 0.717) is 59.3 Å². The van der Waals surface area contributed by atoms with Gasteiger partial charge in [0.25, 0.3) is 5.56 Å². The van der Waals surface area contributed by atoms with Crippen molar-refractivity contribution in [3.8, 4) is 0 Å². The highest BCUT2D eigenvalue weighted by Crippen LogP contribution is 2.34. The summed E-state index contributed by atoms with van der Waals surface area (Å²) in [6.07, 6.45) is 2.40. The second kappa shape index (κ2) is 10.8. The third-order valence-electron chi connectivity index (χ3n) is 6.69. The van der Waals surface area contributed by atoms with Crippen LogP contribution >= 0.6 is 23.1 Å². The Balaban J connectivity index is 1.41. The maximum absolute atomic E-state index is 13.8. The highest BCUT2D eigenvalue weighted by Gasteiger charge is 2.27. The molecule has 3 aromatic rings. The van der Waals surface area contributed by atoms with Crippen LogP contribution in [-0.2, 0) is 33.8 Å². The Hall–Kier alpha value is -3.02. The highest BCUT2D eigenvalue weighted by molar-refractivity contribution is 7.99. The van der Waals surface area contributed by atoms with E-state index >= 15 is 0 Å². The Morgan fingerprint density at radius 3 is 2.68 bits per heavy atom. The molecule has 9 nitrogen and oxygen atoms in total. The van der Waals surface area contributed by atoms with Crippen LogP contribution in [0.15, 0.2) is 34.2 Å². The van der Waals surface area contributed by atoms with E-state index in [1.54, 1.807) is 40.7 Å². The summed E-state index contributed by atoms with van der Waals surface area (Å²) < 4.78 is 7.46. The van der Waals surface area contributed by atoms with Crippen molar-refractivity contribution < 1.29 is 19.1 Å². The van der Waals surface area contributed by atoms with E-state index in [1.165, 1.54) is 30.0 Å². The maximum atomic E-state index is 13.8. The van der Waals surface area contributed by atoms with Gasteiger partial charge < -0.3 is 15.0 Å². The van der Waals surface area contributed by atoms with Crippen molar-refractivity contribution in [2.75, 3.05) is 24.2 Å². The van der Waals surface area contributed by atoms with Gasteiger partial charge >= 0.3 is 0 Å². The number of aromatic nitrogens is 2. The van der Waals surface area contributed by atoms with E-state index < -0.39 is 0 Å². The fraction of sp³-hybridized carbons (Fsp3) is 0.423. The topological polar surface area (TPSA) is 111 Å². The van der Waals surface area contributed by atoms with E-state index in [-0.39, 0.29) is 35.0 Å². The summed E-state index contributed by atoms with van der Waals surface area (Å²) in [5, 5.41) is 3.94. The standard InChI is InChI=1S/C26H28N4O5S2/c1-15(31)17-5-7-18(8-6-17)27-22(33)14-36-26-28-24-23(25(34)30(26)12-19-4-3-11-35-19)20-9-10-29(16(2)32)13-21(20)37-24/h5-8,19H,3-4,9-14H2,1-2H3,(H,27,33)/t19-/m1/s1. The Kier molecular flexibility index (Phi) is 7.45. The smallest absolute Gasteiger partial charge is 0.263 e. The van der Waals surface area contributed by atoms with Crippen LogP contribution < -0.4 is 10.9 Å². The number of carbonyl (C=O) groups excluding carboxylic acids is 3. The van der Waals surface area contributed by atoms with E-state index in [0.717, 1.165) is 23.3 Å². The fourth-order valence-corrected chi connectivity index (χ4v) is 6.79. The number of thiophene rings is 1. The van der Waals surface area contributed by atoms with Gasteiger partial charge in [0.15, 0.2) is 10.9 Å². The van der Waals surface area contributed by atoms with Crippen LogP contribution in [0.4, 0.5) is 5.69 Å². The molecule has 194 valence electrons. The molecule has 1 aromatic carbocycles. The van der Waals surface area contributed by atoms with Crippen LogP contribution in [0.25, 0.3) is 10.2 Å². The first kappa shape index (κ1) is 25.6. The predicted molar refractivity (Wildman–Crippen MR) is 143 cm³/mol. The van der Waals surface area contributed by atoms with E-state index in [9.17, 15) is 19.2 Å².